The van der Waals surface area contributed by atoms with E-state index in [0.29, 0.717) is 24.1 Å². The number of nitrogens with zero attached hydrogens (tertiary/aromatic N) is 3. The average molecular weight is 498 g/mol. The lowest BCUT2D eigenvalue weighted by Gasteiger charge is -2.37. The van der Waals surface area contributed by atoms with Crippen LogP contribution in [-0.4, -0.2) is 59.5 Å². The molecule has 1 saturated carbocycles. The molecule has 2 fully saturated rings. The van der Waals surface area contributed by atoms with E-state index >= 15 is 0 Å². The first-order chi connectivity index (χ1) is 15.5. The van der Waals surface area contributed by atoms with Crippen molar-refractivity contribution >= 4 is 27.5 Å². The van der Waals surface area contributed by atoms with Gasteiger partial charge < -0.3 is 4.90 Å². The van der Waals surface area contributed by atoms with Crippen molar-refractivity contribution in [3.8, 4) is 11.3 Å². The van der Waals surface area contributed by atoms with Crippen LogP contribution in [0.25, 0.3) is 11.3 Å². The Hall–Kier alpha value is -1.91. The Balaban J connectivity index is 1.62. The van der Waals surface area contributed by atoms with E-state index in [1.165, 1.54) is 20.7 Å². The molecule has 0 unspecified atom stereocenters. The van der Waals surface area contributed by atoms with E-state index in [9.17, 15) is 22.0 Å². The van der Waals surface area contributed by atoms with Gasteiger partial charge >= 0.3 is 0 Å². The van der Waals surface area contributed by atoms with Crippen LogP contribution in [0.4, 0.5) is 8.78 Å². The summed E-state index contributed by atoms with van der Waals surface area (Å²) in [5, 5.41) is 1.87. The summed E-state index contributed by atoms with van der Waals surface area (Å²) < 4.78 is 60.4. The lowest BCUT2D eigenvalue weighted by atomic mass is 9.91. The van der Waals surface area contributed by atoms with E-state index in [0.717, 1.165) is 11.1 Å². The summed E-state index contributed by atoms with van der Waals surface area (Å²) in [5.41, 5.74) is 2.98. The van der Waals surface area contributed by atoms with Crippen LogP contribution in [0.1, 0.15) is 49.7 Å². The van der Waals surface area contributed by atoms with Crippen molar-refractivity contribution in [3.05, 3.63) is 34.7 Å². The summed E-state index contributed by atoms with van der Waals surface area (Å²) in [6.45, 7) is 4.04. The van der Waals surface area contributed by atoms with Gasteiger partial charge in [-0.05, 0) is 68.8 Å². The predicted octanol–water partition coefficient (Wildman–Crippen LogP) is 4.62. The van der Waals surface area contributed by atoms with Crippen molar-refractivity contribution < 1.29 is 22.0 Å². The fourth-order valence-corrected chi connectivity index (χ4v) is 7.33. The molecule has 1 aromatic carbocycles. The second kappa shape index (κ2) is 9.03. The van der Waals surface area contributed by atoms with Gasteiger partial charge in [0.2, 0.25) is 21.9 Å². The van der Waals surface area contributed by atoms with Gasteiger partial charge in [-0.25, -0.2) is 17.2 Å². The number of amides is 1. The van der Waals surface area contributed by atoms with E-state index in [1.807, 2.05) is 25.3 Å². The highest BCUT2D eigenvalue weighted by Crippen LogP contribution is 2.37. The summed E-state index contributed by atoms with van der Waals surface area (Å²) in [4.78, 5) is 15.0. The first-order valence-corrected chi connectivity index (χ1v) is 13.5. The van der Waals surface area contributed by atoms with Crippen molar-refractivity contribution in [1.82, 2.24) is 13.6 Å². The number of carbonyl (C=O) groups is 1. The normalized spacial score (nSPS) is 21.9. The lowest BCUT2D eigenvalue weighted by molar-refractivity contribution is -0.138. The Morgan fingerprint density at radius 1 is 1.21 bits per heavy atom. The van der Waals surface area contributed by atoms with Crippen molar-refractivity contribution in [2.24, 2.45) is 0 Å². The van der Waals surface area contributed by atoms with Gasteiger partial charge in [0.15, 0.2) is 0 Å². The van der Waals surface area contributed by atoms with Crippen LogP contribution in [0, 0.1) is 13.8 Å². The third kappa shape index (κ3) is 4.70. The molecule has 1 atom stereocenters. The van der Waals surface area contributed by atoms with Crippen LogP contribution >= 0.6 is 11.5 Å². The molecule has 2 aliphatic rings. The maximum atomic E-state index is 13.8. The van der Waals surface area contributed by atoms with Crippen LogP contribution in [0.3, 0.4) is 0 Å². The highest BCUT2D eigenvalue weighted by Gasteiger charge is 2.44. The van der Waals surface area contributed by atoms with E-state index in [2.05, 4.69) is 4.37 Å². The molecule has 33 heavy (non-hydrogen) atoms. The van der Waals surface area contributed by atoms with E-state index in [-0.39, 0.29) is 49.1 Å². The summed E-state index contributed by atoms with van der Waals surface area (Å²) in [7, 11) is -2.37. The Labute approximate surface area is 197 Å². The van der Waals surface area contributed by atoms with Crippen LogP contribution < -0.4 is 0 Å². The number of aryl methyl sites for hydroxylation is 2. The Morgan fingerprint density at radius 3 is 2.55 bits per heavy atom. The second-order valence-electron chi connectivity index (χ2n) is 9.16. The zero-order valence-corrected chi connectivity index (χ0v) is 20.7. The molecule has 4 rings (SSSR count). The summed E-state index contributed by atoms with van der Waals surface area (Å²) >= 11 is 1.27. The number of carbonyl (C=O) groups excluding carboxylic acids is 1. The van der Waals surface area contributed by atoms with Gasteiger partial charge in [-0.1, -0.05) is 11.6 Å². The Kier molecular flexibility index (Phi) is 6.63. The summed E-state index contributed by atoms with van der Waals surface area (Å²) in [5.74, 6) is -3.00. The third-order valence-electron chi connectivity index (χ3n) is 6.79. The predicted molar refractivity (Wildman–Crippen MR) is 124 cm³/mol. The molecule has 180 valence electrons. The Bertz CT molecular complexity index is 1140. The molecule has 1 aliphatic heterocycles. The molecule has 0 radical (unpaired) electrons. The van der Waals surface area contributed by atoms with Gasteiger partial charge in [0, 0.05) is 43.4 Å². The SMILES string of the molecule is Cc1ccc(S(=O)(=O)N2CCC[C@H]2C(=O)N(C)C2CCC(F)(F)CC2)c(-c2nscc2C)c1. The molecule has 2 aromatic rings. The molecule has 0 spiro atoms. The minimum Gasteiger partial charge on any atom is -0.341 e. The molecular weight excluding hydrogens is 468 g/mol. The number of hydrogen-bond donors (Lipinski definition) is 0. The fourth-order valence-electron chi connectivity index (χ4n) is 4.83. The number of hydrogen-bond acceptors (Lipinski definition) is 5. The quantitative estimate of drug-likeness (QED) is 0.605. The Morgan fingerprint density at radius 2 is 1.91 bits per heavy atom. The molecular formula is C23H29F2N3O3S2. The number of alkyl halides is 2. The molecule has 0 bridgehead atoms. The molecule has 2 heterocycles. The molecule has 6 nitrogen and oxygen atoms in total. The van der Waals surface area contributed by atoms with Gasteiger partial charge in [0.1, 0.15) is 6.04 Å². The minimum atomic E-state index is -3.98. The number of sulfonamides is 1. The van der Waals surface area contributed by atoms with Crippen LogP contribution in [0.2, 0.25) is 0 Å². The highest BCUT2D eigenvalue weighted by molar-refractivity contribution is 7.89. The smallest absolute Gasteiger partial charge is 0.248 e. The molecule has 1 aliphatic carbocycles. The molecule has 10 heteroatoms. The molecule has 0 N–H and O–H groups in total. The maximum Gasteiger partial charge on any atom is 0.248 e. The van der Waals surface area contributed by atoms with E-state index in [4.69, 9.17) is 0 Å². The van der Waals surface area contributed by atoms with Crippen molar-refractivity contribution in [3.63, 3.8) is 0 Å². The molecule has 1 saturated heterocycles. The molecule has 1 aromatic heterocycles. The fraction of sp³-hybridized carbons (Fsp3) is 0.565. The zero-order chi connectivity index (χ0) is 24.0. The van der Waals surface area contributed by atoms with E-state index < -0.39 is 22.0 Å². The van der Waals surface area contributed by atoms with Crippen molar-refractivity contribution in [2.45, 2.75) is 75.3 Å². The number of benzene rings is 1. The van der Waals surface area contributed by atoms with Gasteiger partial charge in [0.05, 0.1) is 10.6 Å². The van der Waals surface area contributed by atoms with Gasteiger partial charge in [-0.15, -0.1) is 0 Å². The maximum absolute atomic E-state index is 13.8. The largest absolute Gasteiger partial charge is 0.341 e. The van der Waals surface area contributed by atoms with Gasteiger partial charge in [0.25, 0.3) is 0 Å². The van der Waals surface area contributed by atoms with Crippen LogP contribution in [0.15, 0.2) is 28.5 Å². The third-order valence-corrected chi connectivity index (χ3v) is 9.51. The number of rotatable bonds is 5. The summed E-state index contributed by atoms with van der Waals surface area (Å²) in [6, 6.07) is 4.03. The average Bonchev–Trinajstić information content (AvgIpc) is 3.42. The second-order valence-corrected chi connectivity index (χ2v) is 11.6. The standard InChI is InChI=1S/C23H29F2N3O3S2/c1-15-6-7-20(18(13-15)21-16(2)14-32-26-21)33(30,31)28-12-4-5-19(28)22(29)27(3)17-8-10-23(24,25)11-9-17/h6-7,13-14,17,19H,4-5,8-12H2,1-3H3/t19-/m0/s1. The molecule has 1 amide bonds. The first kappa shape index (κ1) is 24.2. The number of halogens is 2. The van der Waals surface area contributed by atoms with Crippen molar-refractivity contribution in [2.75, 3.05) is 13.6 Å². The van der Waals surface area contributed by atoms with E-state index in [1.54, 1.807) is 19.2 Å². The first-order valence-electron chi connectivity index (χ1n) is 11.2. The van der Waals surface area contributed by atoms with Crippen molar-refractivity contribution in [1.29, 1.82) is 0 Å². The minimum absolute atomic E-state index is 0.141. The zero-order valence-electron chi connectivity index (χ0n) is 19.1. The summed E-state index contributed by atoms with van der Waals surface area (Å²) in [6.07, 6.45) is 0.939. The lowest BCUT2D eigenvalue weighted by Crippen LogP contribution is -2.50. The van der Waals surface area contributed by atoms with Crippen LogP contribution in [-0.2, 0) is 14.8 Å². The van der Waals surface area contributed by atoms with Crippen LogP contribution in [0.5, 0.6) is 0 Å². The number of likely N-dealkylation sites (N-methyl/N-ethyl adjacent to an activating group) is 1. The van der Waals surface area contributed by atoms with Gasteiger partial charge in [-0.2, -0.15) is 8.68 Å². The number of aromatic nitrogens is 1. The monoisotopic (exact) mass is 497 g/mol. The van der Waals surface area contributed by atoms with Gasteiger partial charge in [-0.3, -0.25) is 4.79 Å². The topological polar surface area (TPSA) is 70.6 Å². The highest BCUT2D eigenvalue weighted by atomic mass is 32.2.